The SMILES string of the molecule is CN(C)CCN1CCOCC12CCN(C(=O)Cc1ccccc1)CC2. The smallest absolute Gasteiger partial charge is 0.226 e. The summed E-state index contributed by atoms with van der Waals surface area (Å²) in [5.74, 6) is 0.248. The Morgan fingerprint density at radius 2 is 1.88 bits per heavy atom. The van der Waals surface area contributed by atoms with Crippen LogP contribution in [0.3, 0.4) is 0 Å². The maximum atomic E-state index is 12.6. The molecule has 0 saturated carbocycles. The first-order valence-corrected chi connectivity index (χ1v) is 9.38. The Morgan fingerprint density at radius 3 is 2.56 bits per heavy atom. The molecule has 5 nitrogen and oxygen atoms in total. The molecule has 3 rings (SSSR count). The molecule has 1 aromatic carbocycles. The van der Waals surface area contributed by atoms with Crippen LogP contribution in [0.4, 0.5) is 0 Å². The first-order valence-electron chi connectivity index (χ1n) is 9.38. The highest BCUT2D eigenvalue weighted by molar-refractivity contribution is 5.78. The molecule has 1 spiro atoms. The highest BCUT2D eigenvalue weighted by atomic mass is 16.5. The summed E-state index contributed by atoms with van der Waals surface area (Å²) in [5.41, 5.74) is 1.22. The summed E-state index contributed by atoms with van der Waals surface area (Å²) in [5, 5.41) is 0. The number of likely N-dealkylation sites (N-methyl/N-ethyl adjacent to an activating group) is 1. The fourth-order valence-electron chi connectivity index (χ4n) is 3.95. The molecule has 5 heteroatoms. The van der Waals surface area contributed by atoms with E-state index in [-0.39, 0.29) is 11.4 Å². The zero-order chi connectivity index (χ0) is 17.7. The maximum Gasteiger partial charge on any atom is 0.226 e. The van der Waals surface area contributed by atoms with Gasteiger partial charge in [0.05, 0.1) is 19.6 Å². The Kier molecular flexibility index (Phi) is 6.10. The lowest BCUT2D eigenvalue weighted by atomic mass is 9.85. The van der Waals surface area contributed by atoms with Gasteiger partial charge in [0.1, 0.15) is 0 Å². The van der Waals surface area contributed by atoms with Crippen molar-refractivity contribution in [3.8, 4) is 0 Å². The number of hydrogen-bond donors (Lipinski definition) is 0. The molecule has 0 radical (unpaired) electrons. The third kappa shape index (κ3) is 4.60. The van der Waals surface area contributed by atoms with Gasteiger partial charge in [-0.1, -0.05) is 30.3 Å². The Hall–Kier alpha value is -1.43. The van der Waals surface area contributed by atoms with E-state index in [1.807, 2.05) is 35.2 Å². The number of morpholine rings is 1. The Labute approximate surface area is 151 Å². The number of piperidine rings is 1. The van der Waals surface area contributed by atoms with Crippen LogP contribution in [0.15, 0.2) is 30.3 Å². The van der Waals surface area contributed by atoms with Crippen molar-refractivity contribution in [3.63, 3.8) is 0 Å². The lowest BCUT2D eigenvalue weighted by Gasteiger charge is -2.51. The van der Waals surface area contributed by atoms with E-state index in [0.29, 0.717) is 6.42 Å². The molecule has 0 aliphatic carbocycles. The predicted molar refractivity (Wildman–Crippen MR) is 99.6 cm³/mol. The highest BCUT2D eigenvalue weighted by Gasteiger charge is 2.42. The second-order valence-electron chi connectivity index (χ2n) is 7.61. The fraction of sp³-hybridized carbons (Fsp3) is 0.650. The molecule has 2 aliphatic rings. The van der Waals surface area contributed by atoms with Gasteiger partial charge in [0.15, 0.2) is 0 Å². The molecule has 138 valence electrons. The van der Waals surface area contributed by atoms with Crippen molar-refractivity contribution in [1.82, 2.24) is 14.7 Å². The monoisotopic (exact) mass is 345 g/mol. The van der Waals surface area contributed by atoms with E-state index >= 15 is 0 Å². The second-order valence-corrected chi connectivity index (χ2v) is 7.61. The van der Waals surface area contributed by atoms with Gasteiger partial charge in [-0.25, -0.2) is 0 Å². The number of carbonyl (C=O) groups is 1. The molecule has 0 N–H and O–H groups in total. The Balaban J connectivity index is 1.56. The van der Waals surface area contributed by atoms with Gasteiger partial charge in [0, 0.05) is 38.3 Å². The summed E-state index contributed by atoms with van der Waals surface area (Å²) in [7, 11) is 4.25. The summed E-state index contributed by atoms with van der Waals surface area (Å²) in [6.07, 6.45) is 2.54. The molecule has 0 atom stereocenters. The minimum absolute atomic E-state index is 0.123. The lowest BCUT2D eigenvalue weighted by Crippen LogP contribution is -2.62. The topological polar surface area (TPSA) is 36.0 Å². The minimum Gasteiger partial charge on any atom is -0.378 e. The molecule has 0 unspecified atom stereocenters. The molecular formula is C20H31N3O2. The molecule has 0 aromatic heterocycles. The lowest BCUT2D eigenvalue weighted by molar-refractivity contribution is -0.138. The molecule has 0 bridgehead atoms. The van der Waals surface area contributed by atoms with Crippen molar-refractivity contribution in [2.45, 2.75) is 24.8 Å². The molecule has 2 heterocycles. The highest BCUT2D eigenvalue weighted by Crippen LogP contribution is 2.31. The zero-order valence-electron chi connectivity index (χ0n) is 15.6. The molecule has 2 fully saturated rings. The van der Waals surface area contributed by atoms with Gasteiger partial charge < -0.3 is 14.5 Å². The van der Waals surface area contributed by atoms with Gasteiger partial charge in [-0.3, -0.25) is 9.69 Å². The van der Waals surface area contributed by atoms with E-state index in [4.69, 9.17) is 4.74 Å². The van der Waals surface area contributed by atoms with Crippen molar-refractivity contribution < 1.29 is 9.53 Å². The predicted octanol–water partition coefficient (Wildman–Crippen LogP) is 1.48. The van der Waals surface area contributed by atoms with E-state index in [1.54, 1.807) is 0 Å². The quantitative estimate of drug-likeness (QED) is 0.810. The molecule has 1 aromatic rings. The van der Waals surface area contributed by atoms with E-state index in [9.17, 15) is 4.79 Å². The minimum atomic E-state index is 0.123. The standard InChI is InChI=1S/C20H31N3O2/c1-21(2)12-13-23-14-15-25-17-20(23)8-10-22(11-9-20)19(24)16-18-6-4-3-5-7-18/h3-7H,8-17H2,1-2H3. The number of rotatable bonds is 5. The summed E-state index contributed by atoms with van der Waals surface area (Å²) in [6.45, 7) is 6.46. The van der Waals surface area contributed by atoms with Crippen LogP contribution in [0.5, 0.6) is 0 Å². The number of carbonyl (C=O) groups excluding carboxylic acids is 1. The number of ether oxygens (including phenoxy) is 1. The summed E-state index contributed by atoms with van der Waals surface area (Å²) < 4.78 is 5.83. The number of likely N-dealkylation sites (tertiary alicyclic amines) is 1. The number of hydrogen-bond acceptors (Lipinski definition) is 4. The van der Waals surface area contributed by atoms with Gasteiger partial charge in [0.25, 0.3) is 0 Å². The fourth-order valence-corrected chi connectivity index (χ4v) is 3.95. The van der Waals surface area contributed by atoms with Gasteiger partial charge in [-0.05, 0) is 32.5 Å². The number of nitrogens with zero attached hydrogens (tertiary/aromatic N) is 3. The van der Waals surface area contributed by atoms with Gasteiger partial charge in [-0.15, -0.1) is 0 Å². The van der Waals surface area contributed by atoms with Crippen LogP contribution >= 0.6 is 0 Å². The van der Waals surface area contributed by atoms with Crippen LogP contribution in [-0.4, -0.2) is 86.2 Å². The van der Waals surface area contributed by atoms with Crippen LogP contribution in [0.1, 0.15) is 18.4 Å². The van der Waals surface area contributed by atoms with Crippen molar-refractivity contribution in [3.05, 3.63) is 35.9 Å². The summed E-state index contributed by atoms with van der Waals surface area (Å²) >= 11 is 0. The van der Waals surface area contributed by atoms with Crippen LogP contribution < -0.4 is 0 Å². The zero-order valence-corrected chi connectivity index (χ0v) is 15.6. The van der Waals surface area contributed by atoms with Crippen LogP contribution in [0.2, 0.25) is 0 Å². The van der Waals surface area contributed by atoms with Gasteiger partial charge >= 0.3 is 0 Å². The number of amides is 1. The van der Waals surface area contributed by atoms with Gasteiger partial charge in [0.2, 0.25) is 5.91 Å². The Morgan fingerprint density at radius 1 is 1.16 bits per heavy atom. The first-order chi connectivity index (χ1) is 12.1. The van der Waals surface area contributed by atoms with Crippen molar-refractivity contribution in [2.24, 2.45) is 0 Å². The van der Waals surface area contributed by atoms with Crippen LogP contribution in [0.25, 0.3) is 0 Å². The van der Waals surface area contributed by atoms with Gasteiger partial charge in [-0.2, -0.15) is 0 Å². The maximum absolute atomic E-state index is 12.6. The largest absolute Gasteiger partial charge is 0.378 e. The average Bonchev–Trinajstić information content (AvgIpc) is 2.62. The van der Waals surface area contributed by atoms with E-state index in [0.717, 1.165) is 64.3 Å². The van der Waals surface area contributed by atoms with Crippen LogP contribution in [0, 0.1) is 0 Å². The molecule has 25 heavy (non-hydrogen) atoms. The van der Waals surface area contributed by atoms with E-state index in [1.165, 1.54) is 0 Å². The van der Waals surface area contributed by atoms with Crippen molar-refractivity contribution in [2.75, 3.05) is 60.0 Å². The first kappa shape index (κ1) is 18.4. The van der Waals surface area contributed by atoms with Crippen LogP contribution in [-0.2, 0) is 16.0 Å². The number of benzene rings is 1. The summed E-state index contributed by atoms with van der Waals surface area (Å²) in [4.78, 5) is 19.5. The molecular weight excluding hydrogens is 314 g/mol. The van der Waals surface area contributed by atoms with E-state index in [2.05, 4.69) is 23.9 Å². The Bertz CT molecular complexity index is 553. The average molecular weight is 345 g/mol. The van der Waals surface area contributed by atoms with Crippen molar-refractivity contribution in [1.29, 1.82) is 0 Å². The van der Waals surface area contributed by atoms with E-state index < -0.39 is 0 Å². The third-order valence-electron chi connectivity index (χ3n) is 5.61. The molecule has 2 saturated heterocycles. The normalized spacial score (nSPS) is 21.0. The van der Waals surface area contributed by atoms with Crippen molar-refractivity contribution >= 4 is 5.91 Å². The summed E-state index contributed by atoms with van der Waals surface area (Å²) in [6, 6.07) is 10.0. The molecule has 2 aliphatic heterocycles. The molecule has 1 amide bonds. The third-order valence-corrected chi connectivity index (χ3v) is 5.61. The second kappa shape index (κ2) is 8.30.